The van der Waals surface area contributed by atoms with E-state index in [4.69, 9.17) is 9.47 Å². The highest BCUT2D eigenvalue weighted by Crippen LogP contribution is 2.25. The van der Waals surface area contributed by atoms with E-state index in [-0.39, 0.29) is 36.2 Å². The lowest BCUT2D eigenvalue weighted by molar-refractivity contribution is -0.383. The summed E-state index contributed by atoms with van der Waals surface area (Å²) in [7, 11) is 0. The second-order valence-corrected chi connectivity index (χ2v) is 5.97. The van der Waals surface area contributed by atoms with Gasteiger partial charge in [-0.05, 0) is 25.5 Å². The summed E-state index contributed by atoms with van der Waals surface area (Å²) in [5.74, 6) is -0.269. The number of nitro groups is 1. The molecule has 0 bridgehead atoms. The third-order valence-electron chi connectivity index (χ3n) is 4.35. The summed E-state index contributed by atoms with van der Waals surface area (Å²) in [6, 6.07) is 6.19. The minimum absolute atomic E-state index is 0.0535. The van der Waals surface area contributed by atoms with Crippen molar-refractivity contribution in [1.82, 2.24) is 4.90 Å². The van der Waals surface area contributed by atoms with Crippen LogP contribution in [0.15, 0.2) is 24.3 Å². The maximum atomic E-state index is 12.4. The average Bonchev–Trinajstić information content (AvgIpc) is 3.10. The number of nitrogens with zero attached hydrogens (tertiary/aromatic N) is 2. The monoisotopic (exact) mass is 335 g/mol. The molecule has 1 aromatic rings. The normalized spacial score (nSPS) is 22.4. The van der Waals surface area contributed by atoms with Crippen LogP contribution in [0.3, 0.4) is 0 Å². The number of likely N-dealkylation sites (tertiary alicyclic amines) is 1. The molecule has 1 aromatic carbocycles. The number of nitrogens with one attached hydrogen (secondary N) is 1. The Kier molecular flexibility index (Phi) is 5.39. The first-order valence-electron chi connectivity index (χ1n) is 8.15. The van der Waals surface area contributed by atoms with Gasteiger partial charge in [-0.25, -0.2) is 0 Å². The lowest BCUT2D eigenvalue weighted by Crippen LogP contribution is -2.50. The number of rotatable bonds is 5. The molecule has 0 aliphatic carbocycles. The van der Waals surface area contributed by atoms with E-state index in [9.17, 15) is 14.9 Å². The van der Waals surface area contributed by atoms with Gasteiger partial charge in [0.1, 0.15) is 5.69 Å². The molecule has 0 aromatic heterocycles. The Bertz CT molecular complexity index is 603. The molecule has 2 heterocycles. The van der Waals surface area contributed by atoms with Crippen LogP contribution in [0, 0.1) is 10.1 Å². The molecular formula is C16H21N3O5. The number of amides is 1. The van der Waals surface area contributed by atoms with E-state index >= 15 is 0 Å². The molecule has 8 heteroatoms. The Morgan fingerprint density at radius 2 is 2.04 bits per heavy atom. The number of carbonyl (C=O) groups excluding carboxylic acids is 1. The molecule has 2 saturated heterocycles. The Morgan fingerprint density at radius 3 is 2.79 bits per heavy atom. The van der Waals surface area contributed by atoms with Crippen molar-refractivity contribution in [2.45, 2.75) is 31.6 Å². The number of carbonyl (C=O) groups is 1. The van der Waals surface area contributed by atoms with Crippen LogP contribution in [0.5, 0.6) is 0 Å². The summed E-state index contributed by atoms with van der Waals surface area (Å²) in [5, 5.41) is 13.7. The maximum Gasteiger partial charge on any atom is 0.292 e. The Hall–Kier alpha value is -2.03. The van der Waals surface area contributed by atoms with Crippen LogP contribution in [-0.4, -0.2) is 54.4 Å². The second-order valence-electron chi connectivity index (χ2n) is 5.97. The number of hydrogen-bond acceptors (Lipinski definition) is 6. The average molecular weight is 335 g/mol. The number of anilines is 1. The minimum atomic E-state index is -0.500. The Labute approximate surface area is 139 Å². The number of nitro benzene ring substituents is 1. The van der Waals surface area contributed by atoms with Crippen LogP contribution in [0.4, 0.5) is 11.4 Å². The topological polar surface area (TPSA) is 93.9 Å². The van der Waals surface area contributed by atoms with Crippen molar-refractivity contribution in [1.29, 1.82) is 0 Å². The zero-order valence-electron chi connectivity index (χ0n) is 13.3. The summed E-state index contributed by atoms with van der Waals surface area (Å²) in [5.41, 5.74) is 0.109. The zero-order chi connectivity index (χ0) is 16.9. The van der Waals surface area contributed by atoms with Gasteiger partial charge >= 0.3 is 0 Å². The van der Waals surface area contributed by atoms with E-state index in [0.29, 0.717) is 13.2 Å². The van der Waals surface area contributed by atoms with Gasteiger partial charge in [-0.15, -0.1) is 0 Å². The standard InChI is InChI=1S/C16H21N3O5/c20-15(17-12-5-1-2-6-13(12)19(21)22)11-18-8-4-3-7-14(18)16-23-9-10-24-16/h1-2,5-6,14,16H,3-4,7-11H2,(H,17,20)/t14-/m1/s1. The van der Waals surface area contributed by atoms with Gasteiger partial charge in [0, 0.05) is 6.07 Å². The summed E-state index contributed by atoms with van der Waals surface area (Å²) in [6.45, 7) is 2.12. The zero-order valence-corrected chi connectivity index (χ0v) is 13.3. The van der Waals surface area contributed by atoms with E-state index in [1.165, 1.54) is 12.1 Å². The van der Waals surface area contributed by atoms with Crippen molar-refractivity contribution >= 4 is 17.3 Å². The van der Waals surface area contributed by atoms with Crippen LogP contribution < -0.4 is 5.32 Å². The maximum absolute atomic E-state index is 12.4. The van der Waals surface area contributed by atoms with Gasteiger partial charge in [-0.1, -0.05) is 18.6 Å². The molecule has 8 nitrogen and oxygen atoms in total. The highest BCUT2D eigenvalue weighted by Gasteiger charge is 2.34. The van der Waals surface area contributed by atoms with Gasteiger partial charge in [0.15, 0.2) is 6.29 Å². The fourth-order valence-corrected chi connectivity index (χ4v) is 3.23. The SMILES string of the molecule is O=C(CN1CCCC[C@@H]1C1OCCO1)Nc1ccccc1[N+](=O)[O-]. The van der Waals surface area contributed by atoms with Crippen LogP contribution in [-0.2, 0) is 14.3 Å². The molecule has 2 aliphatic heterocycles. The molecule has 130 valence electrons. The fraction of sp³-hybridized carbons (Fsp3) is 0.562. The van der Waals surface area contributed by atoms with Gasteiger partial charge in [-0.2, -0.15) is 0 Å². The van der Waals surface area contributed by atoms with Gasteiger partial charge in [0.05, 0.1) is 30.7 Å². The molecular weight excluding hydrogens is 314 g/mol. The molecule has 2 fully saturated rings. The molecule has 0 radical (unpaired) electrons. The summed E-state index contributed by atoms with van der Waals surface area (Å²) in [6.07, 6.45) is 2.73. The van der Waals surface area contributed by atoms with E-state index in [2.05, 4.69) is 5.32 Å². The van der Waals surface area contributed by atoms with E-state index in [1.54, 1.807) is 12.1 Å². The van der Waals surface area contributed by atoms with Crippen LogP contribution in [0.1, 0.15) is 19.3 Å². The predicted octanol–water partition coefficient (Wildman–Crippen LogP) is 1.76. The number of benzene rings is 1. The van der Waals surface area contributed by atoms with Crippen molar-refractivity contribution in [2.75, 3.05) is 31.6 Å². The smallest absolute Gasteiger partial charge is 0.292 e. The molecule has 1 atom stereocenters. The third kappa shape index (κ3) is 3.89. The van der Waals surface area contributed by atoms with Crippen molar-refractivity contribution in [2.24, 2.45) is 0 Å². The first-order chi connectivity index (χ1) is 11.6. The van der Waals surface area contributed by atoms with Gasteiger partial charge in [-0.3, -0.25) is 19.8 Å². The van der Waals surface area contributed by atoms with Crippen molar-refractivity contribution in [3.63, 3.8) is 0 Å². The molecule has 0 spiro atoms. The lowest BCUT2D eigenvalue weighted by atomic mass is 10.0. The van der Waals surface area contributed by atoms with Gasteiger partial charge in [0.25, 0.3) is 5.69 Å². The van der Waals surface area contributed by atoms with Gasteiger partial charge in [0.2, 0.25) is 5.91 Å². The van der Waals surface area contributed by atoms with Crippen LogP contribution in [0.2, 0.25) is 0 Å². The van der Waals surface area contributed by atoms with E-state index in [0.717, 1.165) is 25.8 Å². The molecule has 3 rings (SSSR count). The molecule has 1 amide bonds. The number of ether oxygens (including phenoxy) is 2. The molecule has 24 heavy (non-hydrogen) atoms. The second kappa shape index (κ2) is 7.69. The first-order valence-corrected chi connectivity index (χ1v) is 8.15. The summed E-state index contributed by atoms with van der Waals surface area (Å²) >= 11 is 0. The highest BCUT2D eigenvalue weighted by molar-refractivity contribution is 5.94. The van der Waals surface area contributed by atoms with Crippen molar-refractivity contribution in [3.05, 3.63) is 34.4 Å². The quantitative estimate of drug-likeness (QED) is 0.651. The van der Waals surface area contributed by atoms with Crippen molar-refractivity contribution in [3.8, 4) is 0 Å². The fourth-order valence-electron chi connectivity index (χ4n) is 3.23. The summed E-state index contributed by atoms with van der Waals surface area (Å²) in [4.78, 5) is 24.9. The Balaban J connectivity index is 1.64. The molecule has 0 saturated carbocycles. The van der Waals surface area contributed by atoms with E-state index in [1.807, 2.05) is 4.90 Å². The molecule has 2 aliphatic rings. The van der Waals surface area contributed by atoms with Crippen LogP contribution in [0.25, 0.3) is 0 Å². The largest absolute Gasteiger partial charge is 0.349 e. The number of piperidine rings is 1. The molecule has 0 unspecified atom stereocenters. The van der Waals surface area contributed by atoms with Crippen LogP contribution >= 0.6 is 0 Å². The highest BCUT2D eigenvalue weighted by atomic mass is 16.7. The number of hydrogen-bond donors (Lipinski definition) is 1. The third-order valence-corrected chi connectivity index (χ3v) is 4.35. The van der Waals surface area contributed by atoms with Gasteiger partial charge < -0.3 is 14.8 Å². The minimum Gasteiger partial charge on any atom is -0.349 e. The van der Waals surface area contributed by atoms with E-state index < -0.39 is 4.92 Å². The Morgan fingerprint density at radius 1 is 1.29 bits per heavy atom. The number of para-hydroxylation sites is 2. The summed E-state index contributed by atoms with van der Waals surface area (Å²) < 4.78 is 11.2. The molecule has 1 N–H and O–H groups in total. The predicted molar refractivity (Wildman–Crippen MR) is 86.6 cm³/mol. The lowest BCUT2D eigenvalue weighted by Gasteiger charge is -2.37. The first kappa shape index (κ1) is 16.8. The van der Waals surface area contributed by atoms with Crippen molar-refractivity contribution < 1.29 is 19.2 Å².